The molecule has 2 aliphatic rings. The molecule has 0 radical (unpaired) electrons. The fraction of sp³-hybridized carbons (Fsp3) is 0.286. The zero-order valence-electron chi connectivity index (χ0n) is 28.4. The molecule has 238 valence electrons. The third-order valence-corrected chi connectivity index (χ3v) is 9.91. The monoisotopic (exact) mass is 795 g/mol. The number of hydrogen-bond acceptors (Lipinski definition) is 2. The van der Waals surface area contributed by atoms with Gasteiger partial charge in [0.05, 0.1) is 11.2 Å². The zero-order chi connectivity index (χ0) is 32.2. The van der Waals surface area contributed by atoms with Gasteiger partial charge in [0.25, 0.3) is 6.33 Å². The van der Waals surface area contributed by atoms with Crippen molar-refractivity contribution >= 4 is 22.4 Å². The summed E-state index contributed by atoms with van der Waals surface area (Å²) < 4.78 is 4.45. The normalized spacial score (nSPS) is 15.3. The number of rotatable bonds is 3. The second-order valence-electron chi connectivity index (χ2n) is 14.3. The summed E-state index contributed by atoms with van der Waals surface area (Å²) in [5.41, 5.74) is 13.6. The SMILES string of the molecule is CC(C)c1ccc(-n2[c-][n+]3c4c(cccc42)N(C)c2c-3[c-]cc3c2C(C)(C)CCC3(C)C)cc1.[Ir+3].[c-]1ccccc1-c1ccccn1. The van der Waals surface area contributed by atoms with Gasteiger partial charge in [-0.3, -0.25) is 4.57 Å². The summed E-state index contributed by atoms with van der Waals surface area (Å²) in [6.45, 7) is 14.0. The molecule has 0 N–H and O–H groups in total. The standard InChI is InChI=1S/C31H34N3.C11H8N.Ir/c1-20(2)21-11-13-22(14-12-21)33-19-34-26-16-15-23-27(31(5,6)18-17-30(23,3)4)29(26)32(7)24-9-8-10-25(33)28(24)34;1-2-6-10(7-3-1)11-8-4-5-9-12-11;/h8-15,20H,17-18H2,1-7H3;1-6,8-9H;/q2*-1;+3. The summed E-state index contributed by atoms with van der Waals surface area (Å²) in [5, 5.41) is 0. The summed E-state index contributed by atoms with van der Waals surface area (Å²) in [6.07, 6.45) is 7.88. The van der Waals surface area contributed by atoms with Gasteiger partial charge in [-0.15, -0.1) is 47.0 Å². The van der Waals surface area contributed by atoms with E-state index in [1.165, 1.54) is 46.4 Å². The molecule has 0 spiro atoms. The quantitative estimate of drug-likeness (QED) is 0.132. The van der Waals surface area contributed by atoms with Gasteiger partial charge >= 0.3 is 20.1 Å². The average molecular weight is 795 g/mol. The van der Waals surface area contributed by atoms with E-state index in [0.717, 1.165) is 28.1 Å². The molecule has 6 aromatic rings. The topological polar surface area (TPSA) is 24.9 Å². The molecule has 0 bridgehead atoms. The van der Waals surface area contributed by atoms with E-state index in [4.69, 9.17) is 0 Å². The van der Waals surface area contributed by atoms with Gasteiger partial charge in [0.15, 0.2) is 0 Å². The van der Waals surface area contributed by atoms with Crippen LogP contribution in [0.15, 0.2) is 97.2 Å². The summed E-state index contributed by atoms with van der Waals surface area (Å²) in [5.74, 6) is 0.520. The van der Waals surface area contributed by atoms with Gasteiger partial charge in [0.2, 0.25) is 0 Å². The van der Waals surface area contributed by atoms with Gasteiger partial charge in [-0.25, -0.2) is 0 Å². The molecule has 2 aromatic heterocycles. The number of fused-ring (bicyclic) bond motifs is 4. The van der Waals surface area contributed by atoms with E-state index in [1.807, 2.05) is 42.5 Å². The van der Waals surface area contributed by atoms with Crippen LogP contribution in [0.25, 0.3) is 33.7 Å². The Hall–Kier alpha value is -4.05. The number of anilines is 2. The van der Waals surface area contributed by atoms with Crippen LogP contribution in [0.5, 0.6) is 0 Å². The van der Waals surface area contributed by atoms with E-state index in [2.05, 4.69) is 135 Å². The Labute approximate surface area is 293 Å². The van der Waals surface area contributed by atoms with Gasteiger partial charge < -0.3 is 14.5 Å². The van der Waals surface area contributed by atoms with Crippen molar-refractivity contribution in [3.8, 4) is 22.6 Å². The van der Waals surface area contributed by atoms with Crippen molar-refractivity contribution in [1.29, 1.82) is 0 Å². The van der Waals surface area contributed by atoms with Gasteiger partial charge in [0, 0.05) is 11.9 Å². The Bertz CT molecular complexity index is 1990. The largest absolute Gasteiger partial charge is 3.00 e. The van der Waals surface area contributed by atoms with Crippen LogP contribution in [0.1, 0.15) is 77.0 Å². The number of hydrogen-bond donors (Lipinski definition) is 0. The summed E-state index contributed by atoms with van der Waals surface area (Å²) in [7, 11) is 2.22. The first-order valence-corrected chi connectivity index (χ1v) is 16.4. The first-order valence-electron chi connectivity index (χ1n) is 16.4. The van der Waals surface area contributed by atoms with Crippen molar-refractivity contribution in [1.82, 2.24) is 9.55 Å². The minimum absolute atomic E-state index is 0. The molecule has 0 atom stereocenters. The average Bonchev–Trinajstić information content (AvgIpc) is 3.47. The van der Waals surface area contributed by atoms with E-state index < -0.39 is 0 Å². The molecule has 4 nitrogen and oxygen atoms in total. The van der Waals surface area contributed by atoms with E-state index in [9.17, 15) is 0 Å². The van der Waals surface area contributed by atoms with Crippen LogP contribution in [0.3, 0.4) is 0 Å². The Kier molecular flexibility index (Phi) is 8.76. The van der Waals surface area contributed by atoms with Crippen LogP contribution in [0.4, 0.5) is 11.4 Å². The van der Waals surface area contributed by atoms with Crippen molar-refractivity contribution in [3.05, 3.63) is 132 Å². The van der Waals surface area contributed by atoms with Gasteiger partial charge in [-0.05, 0) is 66.0 Å². The van der Waals surface area contributed by atoms with Crippen LogP contribution in [0, 0.1) is 18.5 Å². The number of imidazole rings is 1. The molecular weight excluding hydrogens is 753 g/mol. The van der Waals surface area contributed by atoms with Crippen molar-refractivity contribution in [3.63, 3.8) is 0 Å². The number of para-hydroxylation sites is 1. The van der Waals surface area contributed by atoms with Crippen molar-refractivity contribution in [2.24, 2.45) is 0 Å². The smallest absolute Gasteiger partial charge is 0.404 e. The molecule has 1 aliphatic heterocycles. The predicted octanol–water partition coefficient (Wildman–Crippen LogP) is 9.61. The second-order valence-corrected chi connectivity index (χ2v) is 14.3. The third kappa shape index (κ3) is 5.75. The van der Waals surface area contributed by atoms with Crippen LogP contribution < -0.4 is 9.47 Å². The number of benzene rings is 4. The molecule has 0 saturated heterocycles. The third-order valence-electron chi connectivity index (χ3n) is 9.91. The van der Waals surface area contributed by atoms with E-state index in [-0.39, 0.29) is 30.9 Å². The Morgan fingerprint density at radius 3 is 2.26 bits per heavy atom. The summed E-state index contributed by atoms with van der Waals surface area (Å²) in [6, 6.07) is 38.3. The molecule has 5 heteroatoms. The molecule has 8 rings (SSSR count). The fourth-order valence-electron chi connectivity index (χ4n) is 7.09. The first kappa shape index (κ1) is 32.9. The molecule has 0 amide bonds. The maximum absolute atomic E-state index is 4.22. The molecular formula is C42H42IrN4+. The van der Waals surface area contributed by atoms with Gasteiger partial charge in [-0.1, -0.05) is 95.5 Å². The van der Waals surface area contributed by atoms with Crippen LogP contribution in [0.2, 0.25) is 0 Å². The van der Waals surface area contributed by atoms with Crippen molar-refractivity contribution in [2.45, 2.75) is 71.1 Å². The van der Waals surface area contributed by atoms with E-state index in [0.29, 0.717) is 5.92 Å². The van der Waals surface area contributed by atoms with Crippen molar-refractivity contribution < 1.29 is 24.7 Å². The molecule has 0 saturated carbocycles. The number of aromatic nitrogens is 3. The fourth-order valence-corrected chi connectivity index (χ4v) is 7.09. The van der Waals surface area contributed by atoms with E-state index in [1.54, 1.807) is 6.20 Å². The maximum Gasteiger partial charge on any atom is 3.00 e. The minimum atomic E-state index is 0. The number of pyridine rings is 1. The van der Waals surface area contributed by atoms with Crippen molar-refractivity contribution in [2.75, 3.05) is 11.9 Å². The predicted molar refractivity (Wildman–Crippen MR) is 188 cm³/mol. The summed E-state index contributed by atoms with van der Waals surface area (Å²) >= 11 is 0. The Morgan fingerprint density at radius 1 is 0.830 bits per heavy atom. The molecule has 1 aliphatic carbocycles. The molecule has 0 fully saturated rings. The summed E-state index contributed by atoms with van der Waals surface area (Å²) in [4.78, 5) is 6.62. The number of nitrogens with zero attached hydrogens (tertiary/aromatic N) is 4. The zero-order valence-corrected chi connectivity index (χ0v) is 30.7. The van der Waals surface area contributed by atoms with Gasteiger partial charge in [-0.2, -0.15) is 12.1 Å². The van der Waals surface area contributed by atoms with Crippen LogP contribution in [-0.4, -0.2) is 16.6 Å². The first-order chi connectivity index (χ1) is 22.1. The Morgan fingerprint density at radius 2 is 1.57 bits per heavy atom. The van der Waals surface area contributed by atoms with Crippen LogP contribution >= 0.6 is 0 Å². The molecule has 0 unspecified atom stereocenters. The molecule has 4 aromatic carbocycles. The second kappa shape index (κ2) is 12.5. The molecule has 47 heavy (non-hydrogen) atoms. The minimum Gasteiger partial charge on any atom is -0.404 e. The molecule has 3 heterocycles. The van der Waals surface area contributed by atoms with E-state index >= 15 is 0 Å². The maximum atomic E-state index is 4.22. The Balaban J connectivity index is 0.000000250. The van der Waals surface area contributed by atoms with Crippen LogP contribution in [-0.2, 0) is 30.9 Å². The van der Waals surface area contributed by atoms with Gasteiger partial charge in [0.1, 0.15) is 5.52 Å².